The van der Waals surface area contributed by atoms with Gasteiger partial charge in [0.05, 0.1) is 13.7 Å². The molecule has 2 aromatic rings. The molecule has 0 aliphatic rings. The van der Waals surface area contributed by atoms with Crippen LogP contribution in [0.15, 0.2) is 42.5 Å². The molecule has 0 heterocycles. The first-order valence-corrected chi connectivity index (χ1v) is 8.22. The van der Waals surface area contributed by atoms with Gasteiger partial charge in [0, 0.05) is 23.0 Å². The van der Waals surface area contributed by atoms with Crippen LogP contribution in [-0.2, 0) is 4.79 Å². The summed E-state index contributed by atoms with van der Waals surface area (Å²) in [5, 5.41) is 5.89. The maximum atomic E-state index is 12.3. The number of nitrogens with one attached hydrogen (secondary N) is 2. The quantitative estimate of drug-likeness (QED) is 0.674. The van der Waals surface area contributed by atoms with E-state index in [1.807, 2.05) is 13.0 Å². The normalized spacial score (nSPS) is 11.3. The maximum absolute atomic E-state index is 12.3. The highest BCUT2D eigenvalue weighted by molar-refractivity contribution is 5.97. The van der Waals surface area contributed by atoms with Gasteiger partial charge in [-0.25, -0.2) is 0 Å². The summed E-state index contributed by atoms with van der Waals surface area (Å²) in [7, 11) is 1.56. The van der Waals surface area contributed by atoms with Crippen molar-refractivity contribution >= 4 is 23.2 Å². The molecule has 0 aromatic heterocycles. The van der Waals surface area contributed by atoms with E-state index in [1.165, 1.54) is 0 Å². The number of primary amides is 1. The number of carbonyl (C=O) groups is 2. The number of benzene rings is 2. The monoisotopic (exact) mass is 357 g/mol. The Balaban J connectivity index is 2.01. The molecule has 4 N–H and O–H groups in total. The predicted molar refractivity (Wildman–Crippen MR) is 101 cm³/mol. The molecular formula is C19H23N3O4. The lowest BCUT2D eigenvalue weighted by atomic mass is 10.2. The second-order valence-electron chi connectivity index (χ2n) is 5.60. The molecule has 0 aliphatic heterocycles. The van der Waals surface area contributed by atoms with E-state index in [0.717, 1.165) is 5.69 Å². The highest BCUT2D eigenvalue weighted by Gasteiger charge is 2.14. The third-order valence-corrected chi connectivity index (χ3v) is 3.68. The molecule has 138 valence electrons. The van der Waals surface area contributed by atoms with Crippen molar-refractivity contribution in [2.75, 3.05) is 24.4 Å². The van der Waals surface area contributed by atoms with Gasteiger partial charge in [-0.1, -0.05) is 0 Å². The number of carbonyl (C=O) groups excluding carboxylic acids is 2. The second-order valence-corrected chi connectivity index (χ2v) is 5.60. The van der Waals surface area contributed by atoms with Gasteiger partial charge in [0.1, 0.15) is 6.04 Å². The molecule has 0 saturated heterocycles. The van der Waals surface area contributed by atoms with E-state index < -0.39 is 11.9 Å². The Morgan fingerprint density at radius 1 is 1.08 bits per heavy atom. The molecule has 0 aliphatic carbocycles. The van der Waals surface area contributed by atoms with Gasteiger partial charge in [-0.2, -0.15) is 0 Å². The van der Waals surface area contributed by atoms with Gasteiger partial charge in [0.25, 0.3) is 0 Å². The lowest BCUT2D eigenvalue weighted by Crippen LogP contribution is -2.31. The molecule has 0 spiro atoms. The summed E-state index contributed by atoms with van der Waals surface area (Å²) in [5.41, 5.74) is 6.90. The molecule has 2 aromatic carbocycles. The van der Waals surface area contributed by atoms with Crippen LogP contribution in [0.5, 0.6) is 11.5 Å². The van der Waals surface area contributed by atoms with Crippen LogP contribution < -0.4 is 25.8 Å². The largest absolute Gasteiger partial charge is 0.493 e. The molecule has 26 heavy (non-hydrogen) atoms. The first-order valence-electron chi connectivity index (χ1n) is 8.22. The first kappa shape index (κ1) is 19.1. The number of methoxy groups -OCH3 is 1. The van der Waals surface area contributed by atoms with Crippen LogP contribution >= 0.6 is 0 Å². The zero-order valence-corrected chi connectivity index (χ0v) is 15.0. The van der Waals surface area contributed by atoms with Gasteiger partial charge in [0.15, 0.2) is 11.5 Å². The minimum absolute atomic E-state index is 0.218. The standard InChI is InChI=1S/C19H23N3O4/c1-4-26-16-10-9-15(11-17(16)25-3)21-12(2)19(24)22-14-7-5-13(6-8-14)18(20)23/h5-12,21H,4H2,1-3H3,(H2,20,23)(H,22,24)/t12-/m1/s1. The topological polar surface area (TPSA) is 103 Å². The summed E-state index contributed by atoms with van der Waals surface area (Å²) >= 11 is 0. The van der Waals surface area contributed by atoms with Gasteiger partial charge in [0.2, 0.25) is 11.8 Å². The van der Waals surface area contributed by atoms with E-state index in [2.05, 4.69) is 10.6 Å². The molecule has 0 radical (unpaired) electrons. The highest BCUT2D eigenvalue weighted by atomic mass is 16.5. The van der Waals surface area contributed by atoms with E-state index in [9.17, 15) is 9.59 Å². The number of anilines is 2. The SMILES string of the molecule is CCOc1ccc(N[C@H](C)C(=O)Nc2ccc(C(N)=O)cc2)cc1OC. The molecule has 1 atom stereocenters. The van der Waals surface area contributed by atoms with Crippen molar-refractivity contribution in [1.82, 2.24) is 0 Å². The second kappa shape index (κ2) is 8.75. The average Bonchev–Trinajstić information content (AvgIpc) is 2.63. The lowest BCUT2D eigenvalue weighted by Gasteiger charge is -2.17. The average molecular weight is 357 g/mol. The third kappa shape index (κ3) is 4.89. The summed E-state index contributed by atoms with van der Waals surface area (Å²) in [6.07, 6.45) is 0. The van der Waals surface area contributed by atoms with Crippen molar-refractivity contribution in [3.8, 4) is 11.5 Å². The fraction of sp³-hybridized carbons (Fsp3) is 0.263. The minimum Gasteiger partial charge on any atom is -0.493 e. The molecule has 0 fully saturated rings. The Hall–Kier alpha value is -3.22. The number of amides is 2. The van der Waals surface area contributed by atoms with Crippen LogP contribution in [0.1, 0.15) is 24.2 Å². The Labute approximate surface area is 152 Å². The van der Waals surface area contributed by atoms with Crippen molar-refractivity contribution in [3.05, 3.63) is 48.0 Å². The summed E-state index contributed by atoms with van der Waals surface area (Å²) < 4.78 is 10.8. The van der Waals surface area contributed by atoms with Gasteiger partial charge >= 0.3 is 0 Å². The molecule has 0 bridgehead atoms. The Kier molecular flexibility index (Phi) is 6.43. The van der Waals surface area contributed by atoms with Crippen molar-refractivity contribution in [3.63, 3.8) is 0 Å². The van der Waals surface area contributed by atoms with Crippen molar-refractivity contribution in [2.45, 2.75) is 19.9 Å². The number of hydrogen-bond donors (Lipinski definition) is 3. The Morgan fingerprint density at radius 3 is 2.31 bits per heavy atom. The van der Waals surface area contributed by atoms with Gasteiger partial charge in [-0.05, 0) is 50.2 Å². The fourth-order valence-electron chi connectivity index (χ4n) is 2.32. The zero-order valence-electron chi connectivity index (χ0n) is 15.0. The number of ether oxygens (including phenoxy) is 2. The van der Waals surface area contributed by atoms with Crippen LogP contribution in [0.2, 0.25) is 0 Å². The van der Waals surface area contributed by atoms with Crippen LogP contribution in [0, 0.1) is 0 Å². The van der Waals surface area contributed by atoms with Crippen LogP contribution in [0.3, 0.4) is 0 Å². The van der Waals surface area contributed by atoms with Crippen LogP contribution in [0.25, 0.3) is 0 Å². The predicted octanol–water partition coefficient (Wildman–Crippen LogP) is 2.63. The number of nitrogens with two attached hydrogens (primary N) is 1. The molecule has 7 heteroatoms. The van der Waals surface area contributed by atoms with Gasteiger partial charge < -0.3 is 25.8 Å². The fourth-order valence-corrected chi connectivity index (χ4v) is 2.32. The summed E-state index contributed by atoms with van der Waals surface area (Å²) in [5.74, 6) is 0.505. The van der Waals surface area contributed by atoms with Crippen molar-refractivity contribution in [1.29, 1.82) is 0 Å². The lowest BCUT2D eigenvalue weighted by molar-refractivity contribution is -0.116. The minimum atomic E-state index is -0.512. The van der Waals surface area contributed by atoms with E-state index in [1.54, 1.807) is 50.4 Å². The molecule has 2 rings (SSSR count). The number of hydrogen-bond acceptors (Lipinski definition) is 5. The van der Waals surface area contributed by atoms with E-state index >= 15 is 0 Å². The summed E-state index contributed by atoms with van der Waals surface area (Å²) in [6, 6.07) is 11.3. The Morgan fingerprint density at radius 2 is 1.73 bits per heavy atom. The highest BCUT2D eigenvalue weighted by Crippen LogP contribution is 2.30. The first-order chi connectivity index (χ1) is 12.4. The van der Waals surface area contributed by atoms with E-state index in [0.29, 0.717) is 29.4 Å². The third-order valence-electron chi connectivity index (χ3n) is 3.68. The van der Waals surface area contributed by atoms with Crippen molar-refractivity contribution < 1.29 is 19.1 Å². The number of rotatable bonds is 8. The summed E-state index contributed by atoms with van der Waals surface area (Å²) in [6.45, 7) is 4.18. The van der Waals surface area contributed by atoms with E-state index in [4.69, 9.17) is 15.2 Å². The smallest absolute Gasteiger partial charge is 0.248 e. The summed E-state index contributed by atoms with van der Waals surface area (Å²) in [4.78, 5) is 23.4. The molecule has 0 unspecified atom stereocenters. The molecular weight excluding hydrogens is 334 g/mol. The van der Waals surface area contributed by atoms with E-state index in [-0.39, 0.29) is 5.91 Å². The molecule has 0 saturated carbocycles. The van der Waals surface area contributed by atoms with Crippen molar-refractivity contribution in [2.24, 2.45) is 5.73 Å². The van der Waals surface area contributed by atoms with Crippen LogP contribution in [0.4, 0.5) is 11.4 Å². The van der Waals surface area contributed by atoms with Crippen LogP contribution in [-0.4, -0.2) is 31.6 Å². The van der Waals surface area contributed by atoms with Gasteiger partial charge in [-0.3, -0.25) is 9.59 Å². The zero-order chi connectivity index (χ0) is 19.1. The molecule has 2 amide bonds. The maximum Gasteiger partial charge on any atom is 0.248 e. The Bertz CT molecular complexity index is 775. The van der Waals surface area contributed by atoms with Gasteiger partial charge in [-0.15, -0.1) is 0 Å². The molecule has 7 nitrogen and oxygen atoms in total.